The minimum atomic E-state index is -0.232. The number of aromatic hydroxyl groups is 1. The highest BCUT2D eigenvalue weighted by molar-refractivity contribution is 5.84. The first-order chi connectivity index (χ1) is 16.2. The summed E-state index contributed by atoms with van der Waals surface area (Å²) in [6, 6.07) is 4.51. The van der Waals surface area contributed by atoms with Crippen LogP contribution in [-0.2, 0) is 11.2 Å². The molecule has 0 bridgehead atoms. The summed E-state index contributed by atoms with van der Waals surface area (Å²) >= 11 is 0. The third-order valence-corrected chi connectivity index (χ3v) is 5.55. The lowest BCUT2D eigenvalue weighted by Crippen LogP contribution is -2.04. The van der Waals surface area contributed by atoms with E-state index in [4.69, 9.17) is 13.9 Å². The quantitative estimate of drug-likeness (QED) is 0.152. The fourth-order valence-electron chi connectivity index (χ4n) is 3.74. The SMILES string of the molecule is CCCCC/C=C\C/C=C\CCCCCCCc1cc(=O)c2c(O)cc(OCOC)cc2o1. The molecule has 1 aromatic heterocycles. The predicted octanol–water partition coefficient (Wildman–Crippen LogP) is 7.45. The number of hydrogen-bond donors (Lipinski definition) is 1. The van der Waals surface area contributed by atoms with Gasteiger partial charge < -0.3 is 19.0 Å². The van der Waals surface area contributed by atoms with Crippen molar-refractivity contribution in [2.45, 2.75) is 84.0 Å². The van der Waals surface area contributed by atoms with Crippen molar-refractivity contribution in [3.8, 4) is 11.5 Å². The average Bonchev–Trinajstić information content (AvgIpc) is 2.79. The Hall–Kier alpha value is -2.53. The van der Waals surface area contributed by atoms with Gasteiger partial charge >= 0.3 is 0 Å². The van der Waals surface area contributed by atoms with Gasteiger partial charge in [0.1, 0.15) is 28.2 Å². The van der Waals surface area contributed by atoms with Gasteiger partial charge in [0.2, 0.25) is 0 Å². The largest absolute Gasteiger partial charge is 0.507 e. The number of hydrogen-bond acceptors (Lipinski definition) is 5. The van der Waals surface area contributed by atoms with Crippen LogP contribution < -0.4 is 10.2 Å². The summed E-state index contributed by atoms with van der Waals surface area (Å²) in [5.41, 5.74) is 0.107. The van der Waals surface area contributed by atoms with Gasteiger partial charge in [-0.05, 0) is 38.5 Å². The van der Waals surface area contributed by atoms with Crippen molar-refractivity contribution in [3.63, 3.8) is 0 Å². The van der Waals surface area contributed by atoms with E-state index in [-0.39, 0.29) is 23.4 Å². The number of allylic oxidation sites excluding steroid dienone is 4. The molecule has 2 rings (SSSR count). The monoisotopic (exact) mass is 456 g/mol. The molecule has 0 aliphatic rings. The highest BCUT2D eigenvalue weighted by Gasteiger charge is 2.12. The minimum absolute atomic E-state index is 0.0564. The van der Waals surface area contributed by atoms with Gasteiger partial charge in [-0.2, -0.15) is 0 Å². The smallest absolute Gasteiger partial charge is 0.196 e. The van der Waals surface area contributed by atoms with Crippen LogP contribution in [0.4, 0.5) is 0 Å². The highest BCUT2D eigenvalue weighted by atomic mass is 16.7. The molecule has 1 heterocycles. The molecule has 0 saturated carbocycles. The summed E-state index contributed by atoms with van der Waals surface area (Å²) in [5, 5.41) is 10.3. The summed E-state index contributed by atoms with van der Waals surface area (Å²) in [5.74, 6) is 0.900. The number of phenolic OH excluding ortho intramolecular Hbond substituents is 1. The maximum atomic E-state index is 12.4. The van der Waals surface area contributed by atoms with E-state index in [1.54, 1.807) is 6.07 Å². The van der Waals surface area contributed by atoms with Gasteiger partial charge in [0.05, 0.1) is 0 Å². The van der Waals surface area contributed by atoms with E-state index in [0.717, 1.165) is 25.7 Å². The molecule has 182 valence electrons. The molecule has 2 aromatic rings. The van der Waals surface area contributed by atoms with Crippen LogP contribution in [0.25, 0.3) is 11.0 Å². The van der Waals surface area contributed by atoms with Crippen LogP contribution in [-0.4, -0.2) is 19.0 Å². The van der Waals surface area contributed by atoms with E-state index < -0.39 is 0 Å². The Labute approximate surface area is 198 Å². The predicted molar refractivity (Wildman–Crippen MR) is 135 cm³/mol. The molecule has 0 spiro atoms. The fourth-order valence-corrected chi connectivity index (χ4v) is 3.74. The molecule has 0 saturated heterocycles. The normalized spacial score (nSPS) is 11.8. The van der Waals surface area contributed by atoms with Crippen molar-refractivity contribution in [1.82, 2.24) is 0 Å². The first-order valence-electron chi connectivity index (χ1n) is 12.4. The van der Waals surface area contributed by atoms with E-state index >= 15 is 0 Å². The third kappa shape index (κ3) is 10.3. The first kappa shape index (κ1) is 26.7. The Balaban J connectivity index is 1.65. The van der Waals surface area contributed by atoms with Crippen molar-refractivity contribution in [3.05, 3.63) is 58.5 Å². The summed E-state index contributed by atoms with van der Waals surface area (Å²) < 4.78 is 16.1. The van der Waals surface area contributed by atoms with Crippen molar-refractivity contribution in [1.29, 1.82) is 0 Å². The van der Waals surface area contributed by atoms with Crippen molar-refractivity contribution >= 4 is 11.0 Å². The Morgan fingerprint density at radius 1 is 0.909 bits per heavy atom. The molecule has 0 fully saturated rings. The fraction of sp³-hybridized carbons (Fsp3) is 0.536. The lowest BCUT2D eigenvalue weighted by Gasteiger charge is -2.08. The molecule has 0 aliphatic carbocycles. The summed E-state index contributed by atoms with van der Waals surface area (Å²) in [6.07, 6.45) is 22.8. The summed E-state index contributed by atoms with van der Waals surface area (Å²) in [6.45, 7) is 2.29. The molecule has 0 aliphatic heterocycles. The molecule has 0 unspecified atom stereocenters. The molecule has 33 heavy (non-hydrogen) atoms. The lowest BCUT2D eigenvalue weighted by molar-refractivity contribution is 0.0510. The van der Waals surface area contributed by atoms with E-state index in [1.807, 2.05) is 0 Å². The van der Waals surface area contributed by atoms with Crippen LogP contribution in [0.2, 0.25) is 0 Å². The van der Waals surface area contributed by atoms with Gasteiger partial charge in [-0.25, -0.2) is 0 Å². The number of methoxy groups -OCH3 is 1. The highest BCUT2D eigenvalue weighted by Crippen LogP contribution is 2.29. The Morgan fingerprint density at radius 2 is 1.61 bits per heavy atom. The van der Waals surface area contributed by atoms with Crippen LogP contribution in [0.5, 0.6) is 11.5 Å². The standard InChI is InChI=1S/C28H40O5/c1-3-4-5-6-7-8-9-10-11-12-13-14-15-16-17-18-23-19-25(29)28-26(30)20-24(32-22-31-2)21-27(28)33-23/h7-8,10-11,19-21,30H,3-6,9,12-18,22H2,1-2H3/b8-7-,11-10-. The average molecular weight is 457 g/mol. The van der Waals surface area contributed by atoms with Crippen molar-refractivity contribution < 1.29 is 19.0 Å². The van der Waals surface area contributed by atoms with Crippen LogP contribution >= 0.6 is 0 Å². The third-order valence-electron chi connectivity index (χ3n) is 5.55. The van der Waals surface area contributed by atoms with E-state index in [9.17, 15) is 9.90 Å². The van der Waals surface area contributed by atoms with Crippen LogP contribution in [0, 0.1) is 0 Å². The number of aryl methyl sites for hydroxylation is 1. The zero-order valence-corrected chi connectivity index (χ0v) is 20.3. The van der Waals surface area contributed by atoms with Crippen LogP contribution in [0.1, 0.15) is 83.3 Å². The molecular formula is C28H40O5. The van der Waals surface area contributed by atoms with Gasteiger partial charge in [0.15, 0.2) is 12.2 Å². The molecule has 0 radical (unpaired) electrons. The van der Waals surface area contributed by atoms with Crippen LogP contribution in [0.3, 0.4) is 0 Å². The number of unbranched alkanes of at least 4 members (excludes halogenated alkanes) is 8. The van der Waals surface area contributed by atoms with Gasteiger partial charge in [0, 0.05) is 31.7 Å². The number of rotatable bonds is 17. The second-order valence-electron chi connectivity index (χ2n) is 8.42. The zero-order valence-electron chi connectivity index (χ0n) is 20.3. The maximum Gasteiger partial charge on any atom is 0.196 e. The van der Waals surface area contributed by atoms with E-state index in [0.29, 0.717) is 23.5 Å². The van der Waals surface area contributed by atoms with Crippen LogP contribution in [0.15, 0.2) is 51.7 Å². The van der Waals surface area contributed by atoms with Crippen molar-refractivity contribution in [2.75, 3.05) is 13.9 Å². The first-order valence-corrected chi connectivity index (χ1v) is 12.4. The summed E-state index contributed by atoms with van der Waals surface area (Å²) in [7, 11) is 1.52. The molecule has 0 atom stereocenters. The van der Waals surface area contributed by atoms with Gasteiger partial charge in [-0.1, -0.05) is 63.3 Å². The Bertz CT molecular complexity index is 926. The van der Waals surface area contributed by atoms with Gasteiger partial charge in [-0.15, -0.1) is 0 Å². The van der Waals surface area contributed by atoms with E-state index in [2.05, 4.69) is 31.2 Å². The lowest BCUT2D eigenvalue weighted by atomic mass is 10.1. The number of ether oxygens (including phenoxy) is 2. The van der Waals surface area contributed by atoms with E-state index in [1.165, 1.54) is 64.2 Å². The van der Waals surface area contributed by atoms with Crippen molar-refractivity contribution in [2.24, 2.45) is 0 Å². The second-order valence-corrected chi connectivity index (χ2v) is 8.42. The Kier molecular flexibility index (Phi) is 13.1. The molecule has 5 nitrogen and oxygen atoms in total. The van der Waals surface area contributed by atoms with Gasteiger partial charge in [0.25, 0.3) is 0 Å². The Morgan fingerprint density at radius 3 is 2.33 bits per heavy atom. The number of fused-ring (bicyclic) bond motifs is 1. The molecule has 5 heteroatoms. The number of phenols is 1. The molecular weight excluding hydrogens is 416 g/mol. The summed E-state index contributed by atoms with van der Waals surface area (Å²) in [4.78, 5) is 12.4. The molecule has 1 aromatic carbocycles. The molecule has 0 amide bonds. The minimum Gasteiger partial charge on any atom is -0.507 e. The maximum absolute atomic E-state index is 12.4. The van der Waals surface area contributed by atoms with Gasteiger partial charge in [-0.3, -0.25) is 4.79 Å². The number of benzene rings is 1. The zero-order chi connectivity index (χ0) is 23.7. The second kappa shape index (κ2) is 16.1. The molecule has 1 N–H and O–H groups in total. The topological polar surface area (TPSA) is 68.9 Å².